The standard InChI is InChI=1S/C15H15BrFNO2/c1-9(13-7-12(19)3-5-15(13)20)18-8-10-6-11(17)2-4-14(10)16/h2-7,9,18-20H,8H2,1H3. The minimum atomic E-state index is -0.294. The summed E-state index contributed by atoms with van der Waals surface area (Å²) in [5, 5.41) is 22.4. The molecular weight excluding hydrogens is 325 g/mol. The SMILES string of the molecule is CC(NCc1cc(F)ccc1Br)c1cc(O)ccc1O. The molecule has 2 aromatic carbocycles. The topological polar surface area (TPSA) is 52.5 Å². The molecule has 0 amide bonds. The van der Waals surface area contributed by atoms with Crippen molar-refractivity contribution in [2.45, 2.75) is 19.5 Å². The van der Waals surface area contributed by atoms with E-state index in [1.807, 2.05) is 6.92 Å². The van der Waals surface area contributed by atoms with E-state index in [1.165, 1.54) is 30.3 Å². The van der Waals surface area contributed by atoms with E-state index in [-0.39, 0.29) is 23.4 Å². The Morgan fingerprint density at radius 3 is 2.70 bits per heavy atom. The molecule has 0 spiro atoms. The monoisotopic (exact) mass is 339 g/mol. The predicted molar refractivity (Wildman–Crippen MR) is 79.1 cm³/mol. The van der Waals surface area contributed by atoms with Crippen molar-refractivity contribution in [3.63, 3.8) is 0 Å². The summed E-state index contributed by atoms with van der Waals surface area (Å²) in [7, 11) is 0. The van der Waals surface area contributed by atoms with Gasteiger partial charge in [0.15, 0.2) is 0 Å². The average Bonchev–Trinajstić information content (AvgIpc) is 2.42. The van der Waals surface area contributed by atoms with Crippen molar-refractivity contribution in [2.24, 2.45) is 0 Å². The molecule has 0 aliphatic carbocycles. The summed E-state index contributed by atoms with van der Waals surface area (Å²) in [4.78, 5) is 0. The Bertz CT molecular complexity index is 619. The maximum Gasteiger partial charge on any atom is 0.123 e. The largest absolute Gasteiger partial charge is 0.508 e. The molecule has 20 heavy (non-hydrogen) atoms. The second-order valence-electron chi connectivity index (χ2n) is 4.58. The highest BCUT2D eigenvalue weighted by molar-refractivity contribution is 9.10. The van der Waals surface area contributed by atoms with Crippen LogP contribution >= 0.6 is 15.9 Å². The number of phenolic OH excluding ortho intramolecular Hbond substituents is 2. The predicted octanol–water partition coefficient (Wildman–Crippen LogP) is 3.85. The summed E-state index contributed by atoms with van der Waals surface area (Å²) >= 11 is 3.37. The Balaban J connectivity index is 2.10. The first kappa shape index (κ1) is 14.8. The Morgan fingerprint density at radius 2 is 1.95 bits per heavy atom. The molecule has 0 fully saturated rings. The van der Waals surface area contributed by atoms with E-state index < -0.39 is 0 Å². The zero-order valence-electron chi connectivity index (χ0n) is 10.9. The van der Waals surface area contributed by atoms with Crippen molar-refractivity contribution in [3.8, 4) is 11.5 Å². The fourth-order valence-electron chi connectivity index (χ4n) is 1.94. The van der Waals surface area contributed by atoms with Gasteiger partial charge in [-0.2, -0.15) is 0 Å². The molecule has 2 rings (SSSR count). The molecule has 0 heterocycles. The van der Waals surface area contributed by atoms with E-state index in [2.05, 4.69) is 21.2 Å². The van der Waals surface area contributed by atoms with Crippen molar-refractivity contribution in [1.29, 1.82) is 0 Å². The van der Waals surface area contributed by atoms with Crippen LogP contribution in [0.3, 0.4) is 0 Å². The van der Waals surface area contributed by atoms with Crippen molar-refractivity contribution in [3.05, 3.63) is 57.8 Å². The van der Waals surface area contributed by atoms with Gasteiger partial charge in [0.1, 0.15) is 17.3 Å². The van der Waals surface area contributed by atoms with E-state index in [1.54, 1.807) is 6.07 Å². The zero-order chi connectivity index (χ0) is 14.7. The fourth-order valence-corrected chi connectivity index (χ4v) is 2.33. The maximum atomic E-state index is 13.2. The van der Waals surface area contributed by atoms with Crippen LogP contribution in [0.2, 0.25) is 0 Å². The number of benzene rings is 2. The summed E-state index contributed by atoms with van der Waals surface area (Å²) in [5.74, 6) is -0.0858. The fraction of sp³-hybridized carbons (Fsp3) is 0.200. The highest BCUT2D eigenvalue weighted by atomic mass is 79.9. The number of nitrogens with one attached hydrogen (secondary N) is 1. The van der Waals surface area contributed by atoms with Crippen LogP contribution in [0.5, 0.6) is 11.5 Å². The van der Waals surface area contributed by atoms with Gasteiger partial charge in [0.2, 0.25) is 0 Å². The van der Waals surface area contributed by atoms with Crippen molar-refractivity contribution < 1.29 is 14.6 Å². The Hall–Kier alpha value is -1.59. The third-order valence-corrected chi connectivity index (χ3v) is 3.86. The Morgan fingerprint density at radius 1 is 1.20 bits per heavy atom. The minimum Gasteiger partial charge on any atom is -0.508 e. The van der Waals surface area contributed by atoms with Crippen LogP contribution in [0.25, 0.3) is 0 Å². The molecule has 3 nitrogen and oxygen atoms in total. The number of halogens is 2. The highest BCUT2D eigenvalue weighted by Gasteiger charge is 2.11. The van der Waals surface area contributed by atoms with Gasteiger partial charge in [-0.05, 0) is 48.9 Å². The van der Waals surface area contributed by atoms with Gasteiger partial charge in [0.05, 0.1) is 0 Å². The molecule has 3 N–H and O–H groups in total. The lowest BCUT2D eigenvalue weighted by molar-refractivity contribution is 0.440. The summed E-state index contributed by atoms with van der Waals surface area (Å²) in [6.45, 7) is 2.30. The summed E-state index contributed by atoms with van der Waals surface area (Å²) < 4.78 is 14.0. The van der Waals surface area contributed by atoms with E-state index in [0.717, 1.165) is 10.0 Å². The molecule has 2 aromatic rings. The average molecular weight is 340 g/mol. The van der Waals surface area contributed by atoms with Gasteiger partial charge in [-0.1, -0.05) is 15.9 Å². The van der Waals surface area contributed by atoms with Gasteiger partial charge in [-0.15, -0.1) is 0 Å². The first-order valence-corrected chi connectivity index (χ1v) is 6.96. The summed E-state index contributed by atoms with van der Waals surface area (Å²) in [6, 6.07) is 8.69. The molecule has 0 bridgehead atoms. The van der Waals surface area contributed by atoms with E-state index in [4.69, 9.17) is 0 Å². The van der Waals surface area contributed by atoms with Crippen LogP contribution in [-0.4, -0.2) is 10.2 Å². The number of hydrogen-bond donors (Lipinski definition) is 3. The third kappa shape index (κ3) is 3.49. The first-order chi connectivity index (χ1) is 9.47. The molecule has 0 aliphatic heterocycles. The second-order valence-corrected chi connectivity index (χ2v) is 5.44. The third-order valence-electron chi connectivity index (χ3n) is 3.08. The first-order valence-electron chi connectivity index (χ1n) is 6.16. The smallest absolute Gasteiger partial charge is 0.123 e. The van der Waals surface area contributed by atoms with Crippen LogP contribution in [0, 0.1) is 5.82 Å². The van der Waals surface area contributed by atoms with Crippen LogP contribution < -0.4 is 5.32 Å². The van der Waals surface area contributed by atoms with Crippen molar-refractivity contribution in [2.75, 3.05) is 0 Å². The van der Waals surface area contributed by atoms with Crippen LogP contribution in [0.4, 0.5) is 4.39 Å². The molecule has 0 aromatic heterocycles. The Labute approximate surface area is 125 Å². The lowest BCUT2D eigenvalue weighted by atomic mass is 10.1. The van der Waals surface area contributed by atoms with Gasteiger partial charge < -0.3 is 15.5 Å². The molecule has 0 saturated heterocycles. The van der Waals surface area contributed by atoms with E-state index in [9.17, 15) is 14.6 Å². The van der Waals surface area contributed by atoms with Gasteiger partial charge in [0, 0.05) is 22.6 Å². The van der Waals surface area contributed by atoms with Crippen molar-refractivity contribution >= 4 is 15.9 Å². The number of hydrogen-bond acceptors (Lipinski definition) is 3. The highest BCUT2D eigenvalue weighted by Crippen LogP contribution is 2.28. The van der Waals surface area contributed by atoms with Crippen LogP contribution in [0.1, 0.15) is 24.1 Å². The van der Waals surface area contributed by atoms with Gasteiger partial charge in [0.25, 0.3) is 0 Å². The number of phenols is 2. The lowest BCUT2D eigenvalue weighted by Gasteiger charge is -2.16. The van der Waals surface area contributed by atoms with E-state index in [0.29, 0.717) is 12.1 Å². The molecular formula is C15H15BrFNO2. The molecule has 0 radical (unpaired) electrons. The van der Waals surface area contributed by atoms with Gasteiger partial charge in [-0.3, -0.25) is 0 Å². The molecule has 0 aliphatic rings. The van der Waals surface area contributed by atoms with Gasteiger partial charge >= 0.3 is 0 Å². The maximum absolute atomic E-state index is 13.2. The quantitative estimate of drug-likeness (QED) is 0.741. The molecule has 1 unspecified atom stereocenters. The molecule has 0 saturated carbocycles. The number of rotatable bonds is 4. The summed E-state index contributed by atoms with van der Waals surface area (Å²) in [6.07, 6.45) is 0. The van der Waals surface area contributed by atoms with Crippen LogP contribution in [0.15, 0.2) is 40.9 Å². The van der Waals surface area contributed by atoms with Gasteiger partial charge in [-0.25, -0.2) is 4.39 Å². The molecule has 5 heteroatoms. The number of aromatic hydroxyl groups is 2. The van der Waals surface area contributed by atoms with Crippen molar-refractivity contribution in [1.82, 2.24) is 5.32 Å². The zero-order valence-corrected chi connectivity index (χ0v) is 12.5. The Kier molecular flexibility index (Phi) is 4.62. The normalized spacial score (nSPS) is 12.3. The van der Waals surface area contributed by atoms with E-state index >= 15 is 0 Å². The minimum absolute atomic E-state index is 0.0957. The molecule has 106 valence electrons. The second kappa shape index (κ2) is 6.24. The summed E-state index contributed by atoms with van der Waals surface area (Å²) in [5.41, 5.74) is 1.38. The van der Waals surface area contributed by atoms with Crippen LogP contribution in [-0.2, 0) is 6.54 Å². The molecule has 1 atom stereocenters. The lowest BCUT2D eigenvalue weighted by Crippen LogP contribution is -2.18.